The number of carbonyl (C=O) groups excluding carboxylic acids is 1. The molecule has 1 heterocycles. The lowest BCUT2D eigenvalue weighted by atomic mass is 10.0. The molecule has 1 unspecified atom stereocenters. The molecule has 1 aromatic rings. The predicted octanol–water partition coefficient (Wildman–Crippen LogP) is 3.00. The van der Waals surface area contributed by atoms with E-state index in [-0.39, 0.29) is 12.3 Å². The van der Waals surface area contributed by atoms with Crippen LogP contribution < -0.4 is 4.74 Å². The Labute approximate surface area is 113 Å². The fourth-order valence-corrected chi connectivity index (χ4v) is 2.13. The number of methoxy groups -OCH3 is 1. The lowest BCUT2D eigenvalue weighted by Gasteiger charge is -2.25. The van der Waals surface area contributed by atoms with Crippen molar-refractivity contribution < 1.29 is 19.0 Å². The van der Waals surface area contributed by atoms with Crippen LogP contribution in [0.25, 0.3) is 0 Å². The molecule has 4 nitrogen and oxygen atoms in total. The van der Waals surface area contributed by atoms with Crippen molar-refractivity contribution in [2.45, 2.75) is 39.4 Å². The maximum absolute atomic E-state index is 11.6. The number of benzene rings is 1. The highest BCUT2D eigenvalue weighted by atomic mass is 16.7. The first-order valence-electron chi connectivity index (χ1n) is 6.59. The van der Waals surface area contributed by atoms with E-state index in [1.165, 1.54) is 7.11 Å². The van der Waals surface area contributed by atoms with Gasteiger partial charge in [0.1, 0.15) is 5.75 Å². The van der Waals surface area contributed by atoms with Gasteiger partial charge in [-0.2, -0.15) is 0 Å². The minimum atomic E-state index is -0.350. The molecule has 0 aromatic heterocycles. The monoisotopic (exact) mass is 264 g/mol. The molecule has 4 heteroatoms. The summed E-state index contributed by atoms with van der Waals surface area (Å²) in [4.78, 5) is 11.6. The number of hydrogen-bond donors (Lipinski definition) is 0. The zero-order valence-electron chi connectivity index (χ0n) is 11.7. The van der Waals surface area contributed by atoms with Crippen molar-refractivity contribution in [1.82, 2.24) is 0 Å². The van der Waals surface area contributed by atoms with Crippen LogP contribution in [0.1, 0.15) is 40.7 Å². The molecule has 2 rings (SSSR count). The van der Waals surface area contributed by atoms with Gasteiger partial charge in [-0.1, -0.05) is 0 Å². The van der Waals surface area contributed by atoms with Crippen molar-refractivity contribution in [3.63, 3.8) is 0 Å². The van der Waals surface area contributed by atoms with Crippen LogP contribution in [0, 0.1) is 13.8 Å². The van der Waals surface area contributed by atoms with Gasteiger partial charge in [0, 0.05) is 6.42 Å². The Morgan fingerprint density at radius 1 is 1.32 bits per heavy atom. The molecule has 0 aliphatic carbocycles. The molecule has 1 atom stereocenters. The average molecular weight is 264 g/mol. The smallest absolute Gasteiger partial charge is 0.337 e. The molecule has 0 bridgehead atoms. The van der Waals surface area contributed by atoms with Crippen LogP contribution >= 0.6 is 0 Å². The van der Waals surface area contributed by atoms with Crippen LogP contribution in [0.3, 0.4) is 0 Å². The molecule has 0 spiro atoms. The minimum Gasteiger partial charge on any atom is -0.465 e. The maximum atomic E-state index is 11.6. The molecule has 0 radical (unpaired) electrons. The van der Waals surface area contributed by atoms with Gasteiger partial charge in [0.15, 0.2) is 6.29 Å². The van der Waals surface area contributed by atoms with E-state index in [9.17, 15) is 4.79 Å². The Morgan fingerprint density at radius 3 is 2.74 bits per heavy atom. The minimum absolute atomic E-state index is 0.209. The zero-order chi connectivity index (χ0) is 13.8. The number of ether oxygens (including phenoxy) is 3. The van der Waals surface area contributed by atoms with E-state index >= 15 is 0 Å². The van der Waals surface area contributed by atoms with E-state index in [4.69, 9.17) is 14.2 Å². The van der Waals surface area contributed by atoms with Gasteiger partial charge >= 0.3 is 5.97 Å². The van der Waals surface area contributed by atoms with Gasteiger partial charge in [-0.05, 0) is 49.9 Å². The summed E-state index contributed by atoms with van der Waals surface area (Å²) in [6.45, 7) is 4.67. The first-order chi connectivity index (χ1) is 9.11. The Balaban J connectivity index is 2.22. The summed E-state index contributed by atoms with van der Waals surface area (Å²) in [5.41, 5.74) is 2.55. The molecule has 1 saturated heterocycles. The second-order valence-corrected chi connectivity index (χ2v) is 4.82. The van der Waals surface area contributed by atoms with Crippen molar-refractivity contribution >= 4 is 5.97 Å². The van der Waals surface area contributed by atoms with Crippen LogP contribution in [0.5, 0.6) is 5.75 Å². The first-order valence-corrected chi connectivity index (χ1v) is 6.59. The maximum Gasteiger partial charge on any atom is 0.337 e. The Bertz CT molecular complexity index is 461. The molecule has 0 amide bonds. The molecule has 1 aliphatic heterocycles. The normalized spacial score (nSPS) is 19.0. The standard InChI is InChI=1S/C15H20O4/c1-10-8-12(15(16)17-3)9-13(11(10)2)19-14-6-4-5-7-18-14/h8-9,14H,4-7H2,1-3H3. The molecular weight excluding hydrogens is 244 g/mol. The Kier molecular flexibility index (Phi) is 4.43. The van der Waals surface area contributed by atoms with E-state index in [2.05, 4.69) is 0 Å². The van der Waals surface area contributed by atoms with Crippen LogP contribution in [-0.2, 0) is 9.47 Å². The SMILES string of the molecule is COC(=O)c1cc(C)c(C)c(OC2CCCCO2)c1. The van der Waals surface area contributed by atoms with E-state index in [1.54, 1.807) is 6.07 Å². The van der Waals surface area contributed by atoms with Crippen LogP contribution in [-0.4, -0.2) is 26.0 Å². The largest absolute Gasteiger partial charge is 0.465 e. The van der Waals surface area contributed by atoms with E-state index in [0.717, 1.165) is 37.0 Å². The lowest BCUT2D eigenvalue weighted by molar-refractivity contribution is -0.106. The highest BCUT2D eigenvalue weighted by molar-refractivity contribution is 5.90. The highest BCUT2D eigenvalue weighted by Gasteiger charge is 2.18. The summed E-state index contributed by atoms with van der Waals surface area (Å²) < 4.78 is 16.2. The van der Waals surface area contributed by atoms with Gasteiger partial charge in [-0.3, -0.25) is 0 Å². The quantitative estimate of drug-likeness (QED) is 0.787. The third-order valence-electron chi connectivity index (χ3n) is 3.44. The summed E-state index contributed by atoms with van der Waals surface area (Å²) in [6, 6.07) is 3.54. The molecule has 1 fully saturated rings. The van der Waals surface area contributed by atoms with Gasteiger partial charge in [-0.15, -0.1) is 0 Å². The number of carbonyl (C=O) groups is 1. The van der Waals surface area contributed by atoms with E-state index in [1.807, 2.05) is 19.9 Å². The van der Waals surface area contributed by atoms with Gasteiger partial charge in [0.25, 0.3) is 0 Å². The second kappa shape index (κ2) is 6.06. The Hall–Kier alpha value is -1.55. The molecule has 1 aliphatic rings. The number of aryl methyl sites for hydroxylation is 1. The van der Waals surface area contributed by atoms with E-state index < -0.39 is 0 Å². The van der Waals surface area contributed by atoms with Crippen molar-refractivity contribution in [3.05, 3.63) is 28.8 Å². The number of rotatable bonds is 3. The predicted molar refractivity (Wildman–Crippen MR) is 71.5 cm³/mol. The van der Waals surface area contributed by atoms with Crippen molar-refractivity contribution in [2.75, 3.05) is 13.7 Å². The third-order valence-corrected chi connectivity index (χ3v) is 3.44. The van der Waals surface area contributed by atoms with Gasteiger partial charge in [0.05, 0.1) is 19.3 Å². The van der Waals surface area contributed by atoms with Crippen LogP contribution in [0.4, 0.5) is 0 Å². The van der Waals surface area contributed by atoms with Crippen molar-refractivity contribution in [1.29, 1.82) is 0 Å². The third kappa shape index (κ3) is 3.26. The summed E-state index contributed by atoms with van der Waals surface area (Å²) >= 11 is 0. The second-order valence-electron chi connectivity index (χ2n) is 4.82. The summed E-state index contributed by atoms with van der Waals surface area (Å²) in [7, 11) is 1.38. The first kappa shape index (κ1) is 13.9. The summed E-state index contributed by atoms with van der Waals surface area (Å²) in [5, 5.41) is 0. The summed E-state index contributed by atoms with van der Waals surface area (Å²) in [6.07, 6.45) is 2.88. The van der Waals surface area contributed by atoms with E-state index in [0.29, 0.717) is 11.3 Å². The van der Waals surface area contributed by atoms with Crippen molar-refractivity contribution in [2.24, 2.45) is 0 Å². The molecule has 19 heavy (non-hydrogen) atoms. The molecule has 1 aromatic carbocycles. The van der Waals surface area contributed by atoms with Gasteiger partial charge in [0.2, 0.25) is 0 Å². The molecular formula is C15H20O4. The highest BCUT2D eigenvalue weighted by Crippen LogP contribution is 2.27. The fourth-order valence-electron chi connectivity index (χ4n) is 2.13. The van der Waals surface area contributed by atoms with Crippen LogP contribution in [0.2, 0.25) is 0 Å². The van der Waals surface area contributed by atoms with Crippen molar-refractivity contribution in [3.8, 4) is 5.75 Å². The average Bonchev–Trinajstić information content (AvgIpc) is 2.44. The number of hydrogen-bond acceptors (Lipinski definition) is 4. The molecule has 0 N–H and O–H groups in total. The van der Waals surface area contributed by atoms with Gasteiger partial charge in [-0.25, -0.2) is 4.79 Å². The Morgan fingerprint density at radius 2 is 2.11 bits per heavy atom. The van der Waals surface area contributed by atoms with Gasteiger partial charge < -0.3 is 14.2 Å². The fraction of sp³-hybridized carbons (Fsp3) is 0.533. The topological polar surface area (TPSA) is 44.8 Å². The van der Waals surface area contributed by atoms with Crippen LogP contribution in [0.15, 0.2) is 12.1 Å². The molecule has 104 valence electrons. The number of esters is 1. The summed E-state index contributed by atoms with van der Waals surface area (Å²) in [5.74, 6) is 0.352. The molecule has 0 saturated carbocycles. The zero-order valence-corrected chi connectivity index (χ0v) is 11.7. The lowest BCUT2D eigenvalue weighted by Crippen LogP contribution is -2.25.